The normalized spacial score (nSPS) is 10.1. The summed E-state index contributed by atoms with van der Waals surface area (Å²) in [5, 5.41) is 9.07. The van der Waals surface area contributed by atoms with Crippen molar-refractivity contribution in [2.45, 2.75) is 13.8 Å². The Hall–Kier alpha value is -1.60. The summed E-state index contributed by atoms with van der Waals surface area (Å²) in [6.07, 6.45) is 1.74. The van der Waals surface area contributed by atoms with Gasteiger partial charge in [-0.05, 0) is 32.0 Å². The van der Waals surface area contributed by atoms with Gasteiger partial charge in [0.05, 0.1) is 23.3 Å². The Morgan fingerprint density at radius 1 is 1.38 bits per heavy atom. The Morgan fingerprint density at radius 3 is 2.69 bits per heavy atom. The zero-order valence-electron chi connectivity index (χ0n) is 9.03. The first-order chi connectivity index (χ1) is 7.63. The van der Waals surface area contributed by atoms with Crippen molar-refractivity contribution in [3.8, 4) is 11.8 Å². The molecule has 0 fully saturated rings. The summed E-state index contributed by atoms with van der Waals surface area (Å²) < 4.78 is 2.88. The summed E-state index contributed by atoms with van der Waals surface area (Å²) in [5.74, 6) is 0. The van der Waals surface area contributed by atoms with Crippen molar-refractivity contribution in [2.75, 3.05) is 0 Å². The minimum Gasteiger partial charge on any atom is -0.302 e. The number of aromatic nitrogens is 2. The van der Waals surface area contributed by atoms with Gasteiger partial charge >= 0.3 is 0 Å². The molecule has 0 aliphatic heterocycles. The van der Waals surface area contributed by atoms with Crippen LogP contribution >= 0.6 is 15.9 Å². The molecule has 0 amide bonds. The third-order valence-corrected chi connectivity index (χ3v) is 3.08. The molecule has 2 rings (SSSR count). The third-order valence-electron chi connectivity index (χ3n) is 2.59. The SMILES string of the molecule is Cc1ncn(-c2cc(Br)ccc2C#N)c1C. The van der Waals surface area contributed by atoms with Gasteiger partial charge in [-0.15, -0.1) is 0 Å². The van der Waals surface area contributed by atoms with Crippen LogP contribution in [0.1, 0.15) is 17.0 Å². The van der Waals surface area contributed by atoms with E-state index in [9.17, 15) is 0 Å². The molecule has 0 saturated heterocycles. The van der Waals surface area contributed by atoms with Crippen molar-refractivity contribution in [3.05, 3.63) is 46.0 Å². The second kappa shape index (κ2) is 4.11. The summed E-state index contributed by atoms with van der Waals surface area (Å²) in [5.41, 5.74) is 3.53. The Morgan fingerprint density at radius 2 is 2.12 bits per heavy atom. The molecule has 1 aromatic heterocycles. The maximum atomic E-state index is 9.07. The molecule has 0 unspecified atom stereocenters. The van der Waals surface area contributed by atoms with E-state index in [-0.39, 0.29) is 0 Å². The smallest absolute Gasteiger partial charge is 0.101 e. The van der Waals surface area contributed by atoms with Crippen molar-refractivity contribution in [1.82, 2.24) is 9.55 Å². The van der Waals surface area contributed by atoms with Crippen molar-refractivity contribution in [2.24, 2.45) is 0 Å². The van der Waals surface area contributed by atoms with Crippen LogP contribution in [0.2, 0.25) is 0 Å². The maximum absolute atomic E-state index is 9.07. The van der Waals surface area contributed by atoms with Crippen LogP contribution in [0.3, 0.4) is 0 Å². The zero-order chi connectivity index (χ0) is 11.7. The average Bonchev–Trinajstić information content (AvgIpc) is 2.60. The second-order valence-corrected chi connectivity index (χ2v) is 4.47. The van der Waals surface area contributed by atoms with Gasteiger partial charge in [0.1, 0.15) is 6.07 Å². The van der Waals surface area contributed by atoms with E-state index >= 15 is 0 Å². The molecule has 0 bridgehead atoms. The number of benzene rings is 1. The lowest BCUT2D eigenvalue weighted by molar-refractivity contribution is 0.994. The quantitative estimate of drug-likeness (QED) is 0.803. The molecular weight excluding hydrogens is 266 g/mol. The van der Waals surface area contributed by atoms with Gasteiger partial charge in [-0.3, -0.25) is 0 Å². The molecule has 2 aromatic rings. The van der Waals surface area contributed by atoms with E-state index in [1.165, 1.54) is 0 Å². The van der Waals surface area contributed by atoms with Gasteiger partial charge in [0.15, 0.2) is 0 Å². The maximum Gasteiger partial charge on any atom is 0.101 e. The van der Waals surface area contributed by atoms with Crippen LogP contribution in [-0.2, 0) is 0 Å². The molecule has 0 aliphatic rings. The fourth-order valence-electron chi connectivity index (χ4n) is 1.54. The monoisotopic (exact) mass is 275 g/mol. The molecule has 1 aromatic carbocycles. The second-order valence-electron chi connectivity index (χ2n) is 3.56. The Balaban J connectivity index is 2.68. The highest BCUT2D eigenvalue weighted by molar-refractivity contribution is 9.10. The minimum atomic E-state index is 0.642. The molecular formula is C12H10BrN3. The summed E-state index contributed by atoms with van der Waals surface area (Å²) >= 11 is 3.41. The Bertz CT molecular complexity index is 578. The molecule has 3 nitrogen and oxygen atoms in total. The lowest BCUT2D eigenvalue weighted by Gasteiger charge is -2.08. The summed E-state index contributed by atoms with van der Waals surface area (Å²) in [4.78, 5) is 4.24. The molecule has 0 atom stereocenters. The standard InChI is InChI=1S/C12H10BrN3/c1-8-9(2)16(7-15-8)12-5-11(13)4-3-10(12)6-14/h3-5,7H,1-2H3. The predicted octanol–water partition coefficient (Wildman–Crippen LogP) is 3.12. The van der Waals surface area contributed by atoms with E-state index < -0.39 is 0 Å². The number of imidazole rings is 1. The van der Waals surface area contributed by atoms with Gasteiger partial charge in [0.2, 0.25) is 0 Å². The van der Waals surface area contributed by atoms with Crippen molar-refractivity contribution in [3.63, 3.8) is 0 Å². The number of hydrogen-bond donors (Lipinski definition) is 0. The minimum absolute atomic E-state index is 0.642. The molecule has 0 spiro atoms. The first-order valence-electron chi connectivity index (χ1n) is 4.84. The van der Waals surface area contributed by atoms with Crippen molar-refractivity contribution < 1.29 is 0 Å². The first-order valence-corrected chi connectivity index (χ1v) is 5.63. The largest absolute Gasteiger partial charge is 0.302 e. The molecule has 0 radical (unpaired) electrons. The van der Waals surface area contributed by atoms with Crippen molar-refractivity contribution in [1.29, 1.82) is 5.26 Å². The number of nitrogens with zero attached hydrogens (tertiary/aromatic N) is 3. The van der Waals surface area contributed by atoms with Crippen LogP contribution in [0.25, 0.3) is 5.69 Å². The third kappa shape index (κ3) is 1.74. The predicted molar refractivity (Wildman–Crippen MR) is 65.5 cm³/mol. The van der Waals surface area contributed by atoms with Crippen LogP contribution in [0, 0.1) is 25.2 Å². The summed E-state index contributed by atoms with van der Waals surface area (Å²) in [6, 6.07) is 7.77. The van der Waals surface area contributed by atoms with Gasteiger partial charge in [-0.25, -0.2) is 4.98 Å². The van der Waals surface area contributed by atoms with E-state index in [4.69, 9.17) is 5.26 Å². The molecule has 16 heavy (non-hydrogen) atoms. The van der Waals surface area contributed by atoms with Gasteiger partial charge in [0.25, 0.3) is 0 Å². The highest BCUT2D eigenvalue weighted by Crippen LogP contribution is 2.22. The highest BCUT2D eigenvalue weighted by atomic mass is 79.9. The van der Waals surface area contributed by atoms with Crippen LogP contribution in [-0.4, -0.2) is 9.55 Å². The van der Waals surface area contributed by atoms with Crippen molar-refractivity contribution >= 4 is 15.9 Å². The summed E-state index contributed by atoms with van der Waals surface area (Å²) in [6.45, 7) is 3.94. The topological polar surface area (TPSA) is 41.6 Å². The van der Waals surface area contributed by atoms with Crippen LogP contribution in [0.15, 0.2) is 29.0 Å². The fraction of sp³-hybridized carbons (Fsp3) is 0.167. The van der Waals surface area contributed by atoms with E-state index in [0.29, 0.717) is 5.56 Å². The number of aryl methyl sites for hydroxylation is 1. The molecule has 4 heteroatoms. The number of rotatable bonds is 1. The Kier molecular flexibility index (Phi) is 2.80. The summed E-state index contributed by atoms with van der Waals surface area (Å²) in [7, 11) is 0. The zero-order valence-corrected chi connectivity index (χ0v) is 10.6. The number of nitriles is 1. The lowest BCUT2D eigenvalue weighted by Crippen LogP contribution is -1.98. The van der Waals surface area contributed by atoms with E-state index in [1.54, 1.807) is 12.4 Å². The molecule has 80 valence electrons. The van der Waals surface area contributed by atoms with E-state index in [2.05, 4.69) is 27.0 Å². The van der Waals surface area contributed by atoms with Gasteiger partial charge in [0, 0.05) is 10.2 Å². The van der Waals surface area contributed by atoms with Crippen LogP contribution in [0.4, 0.5) is 0 Å². The number of hydrogen-bond acceptors (Lipinski definition) is 2. The lowest BCUT2D eigenvalue weighted by atomic mass is 10.2. The average molecular weight is 276 g/mol. The fourth-order valence-corrected chi connectivity index (χ4v) is 1.89. The van der Waals surface area contributed by atoms with Gasteiger partial charge < -0.3 is 4.57 Å². The first kappa shape index (κ1) is 10.9. The molecule has 1 heterocycles. The van der Waals surface area contributed by atoms with Crippen LogP contribution in [0.5, 0.6) is 0 Å². The highest BCUT2D eigenvalue weighted by Gasteiger charge is 2.09. The Labute approximate surface area is 102 Å². The number of halogens is 1. The van der Waals surface area contributed by atoms with E-state index in [1.807, 2.05) is 30.5 Å². The van der Waals surface area contributed by atoms with Crippen LogP contribution < -0.4 is 0 Å². The molecule has 0 aliphatic carbocycles. The van der Waals surface area contributed by atoms with E-state index in [0.717, 1.165) is 21.5 Å². The van der Waals surface area contributed by atoms with Gasteiger partial charge in [-0.1, -0.05) is 15.9 Å². The molecule has 0 N–H and O–H groups in total. The molecule has 0 saturated carbocycles. The van der Waals surface area contributed by atoms with Gasteiger partial charge in [-0.2, -0.15) is 5.26 Å².